The number of aliphatic carboxylic acids is 1. The summed E-state index contributed by atoms with van der Waals surface area (Å²) in [4.78, 5) is 37.7. The van der Waals surface area contributed by atoms with Crippen LogP contribution in [0.4, 0.5) is 0 Å². The number of carbonyl (C=O) groups is 3. The summed E-state index contributed by atoms with van der Waals surface area (Å²) < 4.78 is 4.53. The molecule has 0 bridgehead atoms. The largest absolute Gasteiger partial charge is 0.480 e. The number of allylic oxidation sites excluding steroid dienone is 1. The molecule has 2 fully saturated rings. The van der Waals surface area contributed by atoms with Crippen LogP contribution in [0.5, 0.6) is 0 Å². The number of amides is 1. The Hall–Kier alpha value is -2.28. The van der Waals surface area contributed by atoms with E-state index in [4.69, 9.17) is 0 Å². The Morgan fingerprint density at radius 1 is 1.36 bits per heavy atom. The smallest absolute Gasteiger partial charge is 0.330 e. The molecule has 1 N–H and O–H groups in total. The Morgan fingerprint density at radius 2 is 2.08 bits per heavy atom. The summed E-state index contributed by atoms with van der Waals surface area (Å²) in [5.74, 6) is -1.84. The number of β-lactam (4-membered cyclic amide) rings is 1. The van der Waals surface area contributed by atoms with Crippen molar-refractivity contribution in [3.63, 3.8) is 0 Å². The number of rotatable bonds is 6. The molecular weight excluding hydrogens is 342 g/mol. The van der Waals surface area contributed by atoms with E-state index in [0.717, 1.165) is 4.90 Å². The number of hydrogen-bond donors (Lipinski definition) is 1. The second-order valence-electron chi connectivity index (χ2n) is 6.07. The minimum absolute atomic E-state index is 0.0860. The lowest BCUT2D eigenvalue weighted by Gasteiger charge is -2.44. The van der Waals surface area contributed by atoms with E-state index in [1.54, 1.807) is 6.08 Å². The summed E-state index contributed by atoms with van der Waals surface area (Å²) in [6.45, 7) is 0. The number of thioether (sulfide) groups is 1. The summed E-state index contributed by atoms with van der Waals surface area (Å²) in [5, 5.41) is 9.41. The number of carboxylic acid groups (broad SMARTS) is 1. The van der Waals surface area contributed by atoms with Crippen LogP contribution >= 0.6 is 11.8 Å². The average molecular weight is 361 g/mol. The monoisotopic (exact) mass is 361 g/mol. The summed E-state index contributed by atoms with van der Waals surface area (Å²) in [7, 11) is 1.29. The van der Waals surface area contributed by atoms with E-state index in [-0.39, 0.29) is 23.1 Å². The van der Waals surface area contributed by atoms with Crippen LogP contribution in [0.1, 0.15) is 12.8 Å². The first kappa shape index (κ1) is 17.5. The minimum atomic E-state index is -0.965. The zero-order valence-electron chi connectivity index (χ0n) is 13.7. The SMILES string of the molecule is COC(=O)C=CCC1C(=O)N2C1CC(Sc1ccccc1)[C@@H]2C(=O)O. The number of ether oxygens (including phenoxy) is 1. The highest BCUT2D eigenvalue weighted by Gasteiger charge is 2.59. The third-order valence-electron chi connectivity index (χ3n) is 4.65. The van der Waals surface area contributed by atoms with Crippen molar-refractivity contribution in [3.8, 4) is 0 Å². The normalized spacial score (nSPS) is 27.9. The molecule has 2 heterocycles. The molecule has 3 unspecified atom stereocenters. The van der Waals surface area contributed by atoms with Gasteiger partial charge in [-0.2, -0.15) is 0 Å². The molecule has 25 heavy (non-hydrogen) atoms. The van der Waals surface area contributed by atoms with Crippen LogP contribution in [0.3, 0.4) is 0 Å². The summed E-state index contributed by atoms with van der Waals surface area (Å²) >= 11 is 1.50. The third-order valence-corrected chi connectivity index (χ3v) is 5.95. The molecule has 2 aliphatic heterocycles. The van der Waals surface area contributed by atoms with E-state index in [9.17, 15) is 19.5 Å². The zero-order valence-corrected chi connectivity index (χ0v) is 14.5. The molecule has 0 spiro atoms. The van der Waals surface area contributed by atoms with Gasteiger partial charge in [-0.25, -0.2) is 9.59 Å². The number of nitrogens with zero attached hydrogens (tertiary/aromatic N) is 1. The van der Waals surface area contributed by atoms with Crippen LogP contribution in [0.25, 0.3) is 0 Å². The minimum Gasteiger partial charge on any atom is -0.480 e. The van der Waals surface area contributed by atoms with Crippen LogP contribution in [0.15, 0.2) is 47.4 Å². The van der Waals surface area contributed by atoms with Crippen molar-refractivity contribution < 1.29 is 24.2 Å². The molecule has 3 rings (SSSR count). The molecule has 1 amide bonds. The van der Waals surface area contributed by atoms with Gasteiger partial charge in [-0.1, -0.05) is 24.3 Å². The molecule has 4 atom stereocenters. The van der Waals surface area contributed by atoms with Crippen LogP contribution in [-0.4, -0.2) is 52.3 Å². The van der Waals surface area contributed by atoms with E-state index in [1.165, 1.54) is 29.8 Å². The van der Waals surface area contributed by atoms with Crippen molar-refractivity contribution >= 4 is 29.6 Å². The van der Waals surface area contributed by atoms with Gasteiger partial charge in [-0.3, -0.25) is 4.79 Å². The van der Waals surface area contributed by atoms with Crippen molar-refractivity contribution in [3.05, 3.63) is 42.5 Å². The number of methoxy groups -OCH3 is 1. The summed E-state index contributed by atoms with van der Waals surface area (Å²) in [6, 6.07) is 8.73. The zero-order chi connectivity index (χ0) is 18.0. The van der Waals surface area contributed by atoms with Gasteiger partial charge in [0.2, 0.25) is 5.91 Å². The van der Waals surface area contributed by atoms with E-state index >= 15 is 0 Å². The van der Waals surface area contributed by atoms with Crippen molar-refractivity contribution in [2.24, 2.45) is 5.92 Å². The lowest BCUT2D eigenvalue weighted by atomic mass is 9.85. The van der Waals surface area contributed by atoms with Gasteiger partial charge in [0.1, 0.15) is 6.04 Å². The van der Waals surface area contributed by atoms with Crippen LogP contribution in [0, 0.1) is 5.92 Å². The van der Waals surface area contributed by atoms with Gasteiger partial charge in [0.25, 0.3) is 0 Å². The highest BCUT2D eigenvalue weighted by molar-refractivity contribution is 8.00. The Bertz CT molecular complexity index is 705. The Kier molecular flexibility index (Phi) is 5.13. The van der Waals surface area contributed by atoms with Gasteiger partial charge in [-0.15, -0.1) is 11.8 Å². The van der Waals surface area contributed by atoms with Gasteiger partial charge in [0.15, 0.2) is 0 Å². The maximum atomic E-state index is 12.4. The van der Waals surface area contributed by atoms with E-state index in [1.807, 2.05) is 30.3 Å². The van der Waals surface area contributed by atoms with E-state index in [0.29, 0.717) is 12.8 Å². The fourth-order valence-corrected chi connectivity index (χ4v) is 4.83. The fourth-order valence-electron chi connectivity index (χ4n) is 3.50. The molecule has 6 nitrogen and oxygen atoms in total. The molecule has 0 aliphatic carbocycles. The molecular formula is C18H19NO5S. The Morgan fingerprint density at radius 3 is 2.72 bits per heavy atom. The molecule has 0 radical (unpaired) electrons. The molecule has 1 aromatic carbocycles. The quantitative estimate of drug-likeness (QED) is 0.474. The lowest BCUT2D eigenvalue weighted by Crippen LogP contribution is -2.61. The number of hydrogen-bond acceptors (Lipinski definition) is 5. The van der Waals surface area contributed by atoms with Gasteiger partial charge in [0, 0.05) is 22.3 Å². The summed E-state index contributed by atoms with van der Waals surface area (Å²) in [5.41, 5.74) is 0. The van der Waals surface area contributed by atoms with Crippen molar-refractivity contribution in [2.75, 3.05) is 7.11 Å². The number of carboxylic acids is 1. The number of benzene rings is 1. The standard InChI is InChI=1S/C18H19NO5S/c1-24-15(20)9-5-8-12-13-10-14(25-11-6-3-2-4-7-11)16(18(22)23)19(13)17(12)21/h2-7,9,12-14,16H,8,10H2,1H3,(H,22,23)/t12?,13?,14?,16-/m1/s1. The first-order chi connectivity index (χ1) is 12.0. The lowest BCUT2D eigenvalue weighted by molar-refractivity contribution is -0.163. The molecule has 0 aromatic heterocycles. The molecule has 2 aliphatic rings. The molecule has 7 heteroatoms. The topological polar surface area (TPSA) is 83.9 Å². The van der Waals surface area contributed by atoms with Gasteiger partial charge in [-0.05, 0) is 25.0 Å². The van der Waals surface area contributed by atoms with Crippen LogP contribution in [0.2, 0.25) is 0 Å². The van der Waals surface area contributed by atoms with Crippen molar-refractivity contribution in [1.29, 1.82) is 0 Å². The van der Waals surface area contributed by atoms with Gasteiger partial charge < -0.3 is 14.7 Å². The molecule has 132 valence electrons. The molecule has 0 saturated carbocycles. The predicted molar refractivity (Wildman–Crippen MR) is 92.0 cm³/mol. The Labute approximate surface area is 149 Å². The highest BCUT2D eigenvalue weighted by atomic mass is 32.2. The van der Waals surface area contributed by atoms with Crippen molar-refractivity contribution in [2.45, 2.75) is 35.1 Å². The molecule has 1 aromatic rings. The number of fused-ring (bicyclic) bond motifs is 1. The fraction of sp³-hybridized carbons (Fsp3) is 0.389. The second kappa shape index (κ2) is 7.31. The maximum Gasteiger partial charge on any atom is 0.330 e. The first-order valence-electron chi connectivity index (χ1n) is 8.04. The van der Waals surface area contributed by atoms with Gasteiger partial charge >= 0.3 is 11.9 Å². The highest BCUT2D eigenvalue weighted by Crippen LogP contribution is 2.47. The number of carbonyl (C=O) groups excluding carboxylic acids is 2. The average Bonchev–Trinajstić information content (AvgIpc) is 2.94. The third kappa shape index (κ3) is 3.42. The first-order valence-corrected chi connectivity index (χ1v) is 8.92. The van der Waals surface area contributed by atoms with Gasteiger partial charge in [0.05, 0.1) is 13.0 Å². The van der Waals surface area contributed by atoms with E-state index in [2.05, 4.69) is 4.74 Å². The predicted octanol–water partition coefficient (Wildman–Crippen LogP) is 1.95. The maximum absolute atomic E-state index is 12.4. The second-order valence-corrected chi connectivity index (χ2v) is 7.38. The van der Waals surface area contributed by atoms with Crippen LogP contribution < -0.4 is 0 Å². The number of esters is 1. The van der Waals surface area contributed by atoms with Crippen molar-refractivity contribution in [1.82, 2.24) is 4.90 Å². The summed E-state index contributed by atoms with van der Waals surface area (Å²) in [6.07, 6.45) is 3.98. The van der Waals surface area contributed by atoms with Crippen LogP contribution in [-0.2, 0) is 19.1 Å². The Balaban J connectivity index is 1.70. The van der Waals surface area contributed by atoms with E-state index < -0.39 is 18.0 Å². The molecule has 2 saturated heterocycles.